The standard InChI is InChI=1S/C11H11N3OS/c12-11(13)9-3-1-2-4-10(9)15-6-8-5-14-7-16-8/h1-5,7H,6H2,(H3,12,13). The average molecular weight is 233 g/mol. The molecule has 1 heterocycles. The normalized spacial score (nSPS) is 10.0. The Hall–Kier alpha value is -1.88. The van der Waals surface area contributed by atoms with Crippen LogP contribution >= 0.6 is 11.3 Å². The third kappa shape index (κ3) is 2.38. The summed E-state index contributed by atoms with van der Waals surface area (Å²) >= 11 is 1.54. The van der Waals surface area contributed by atoms with E-state index >= 15 is 0 Å². The van der Waals surface area contributed by atoms with Crippen LogP contribution < -0.4 is 10.5 Å². The summed E-state index contributed by atoms with van der Waals surface area (Å²) in [6, 6.07) is 7.26. The molecule has 0 aliphatic rings. The van der Waals surface area contributed by atoms with Crippen LogP contribution in [0.15, 0.2) is 36.0 Å². The molecule has 0 bridgehead atoms. The van der Waals surface area contributed by atoms with Crippen LogP contribution in [0.5, 0.6) is 5.75 Å². The zero-order valence-electron chi connectivity index (χ0n) is 8.51. The molecule has 0 saturated carbocycles. The Morgan fingerprint density at radius 1 is 1.44 bits per heavy atom. The first-order chi connectivity index (χ1) is 7.77. The maximum Gasteiger partial charge on any atom is 0.130 e. The summed E-state index contributed by atoms with van der Waals surface area (Å²) in [6.45, 7) is 0.453. The molecule has 1 aromatic heterocycles. The van der Waals surface area contributed by atoms with Crippen molar-refractivity contribution in [3.05, 3.63) is 46.4 Å². The average Bonchev–Trinajstić information content (AvgIpc) is 2.79. The zero-order valence-corrected chi connectivity index (χ0v) is 9.33. The molecule has 82 valence electrons. The lowest BCUT2D eigenvalue weighted by Gasteiger charge is -2.08. The first-order valence-electron chi connectivity index (χ1n) is 4.71. The number of benzene rings is 1. The predicted molar refractivity (Wildman–Crippen MR) is 63.9 cm³/mol. The van der Waals surface area contributed by atoms with E-state index in [2.05, 4.69) is 4.98 Å². The number of amidine groups is 1. The molecule has 3 N–H and O–H groups in total. The van der Waals surface area contributed by atoms with Crippen molar-refractivity contribution >= 4 is 17.2 Å². The van der Waals surface area contributed by atoms with Crippen LogP contribution in [0.2, 0.25) is 0 Å². The Balaban J connectivity index is 2.12. The van der Waals surface area contributed by atoms with Gasteiger partial charge in [-0.3, -0.25) is 10.4 Å². The summed E-state index contributed by atoms with van der Waals surface area (Å²) in [5.74, 6) is 0.642. The molecule has 0 unspecified atom stereocenters. The highest BCUT2D eigenvalue weighted by Crippen LogP contribution is 2.19. The van der Waals surface area contributed by atoms with Crippen LogP contribution in [0.4, 0.5) is 0 Å². The van der Waals surface area contributed by atoms with Crippen LogP contribution in [0.25, 0.3) is 0 Å². The maximum atomic E-state index is 7.42. The Labute approximate surface area is 97.2 Å². The molecule has 0 aliphatic carbocycles. The summed E-state index contributed by atoms with van der Waals surface area (Å²) in [4.78, 5) is 5.00. The van der Waals surface area contributed by atoms with Gasteiger partial charge in [-0.05, 0) is 12.1 Å². The molecule has 0 amide bonds. The number of nitrogens with one attached hydrogen (secondary N) is 1. The Morgan fingerprint density at radius 3 is 2.94 bits per heavy atom. The van der Waals surface area contributed by atoms with E-state index in [-0.39, 0.29) is 5.84 Å². The topological polar surface area (TPSA) is 72.0 Å². The first kappa shape index (κ1) is 10.6. The largest absolute Gasteiger partial charge is 0.487 e. The molecule has 0 radical (unpaired) electrons. The summed E-state index contributed by atoms with van der Waals surface area (Å²) in [7, 11) is 0. The Morgan fingerprint density at radius 2 is 2.25 bits per heavy atom. The van der Waals surface area contributed by atoms with Gasteiger partial charge < -0.3 is 10.5 Å². The Kier molecular flexibility index (Phi) is 3.16. The van der Waals surface area contributed by atoms with Gasteiger partial charge in [0.05, 0.1) is 16.0 Å². The van der Waals surface area contributed by atoms with Gasteiger partial charge in [0.15, 0.2) is 0 Å². The monoisotopic (exact) mass is 233 g/mol. The number of nitrogens with two attached hydrogens (primary N) is 1. The number of hydrogen-bond donors (Lipinski definition) is 2. The lowest BCUT2D eigenvalue weighted by molar-refractivity contribution is 0.309. The fourth-order valence-corrected chi connectivity index (χ4v) is 1.78. The molecular weight excluding hydrogens is 222 g/mol. The number of rotatable bonds is 4. The van der Waals surface area contributed by atoms with Crippen molar-refractivity contribution in [3.8, 4) is 5.75 Å². The SMILES string of the molecule is N=C(N)c1ccccc1OCc1cncs1. The zero-order chi connectivity index (χ0) is 11.4. The lowest BCUT2D eigenvalue weighted by Crippen LogP contribution is -2.12. The third-order valence-electron chi connectivity index (χ3n) is 2.03. The molecule has 0 spiro atoms. The van der Waals surface area contributed by atoms with Crippen molar-refractivity contribution in [2.45, 2.75) is 6.61 Å². The summed E-state index contributed by atoms with van der Waals surface area (Å²) in [5, 5.41) is 7.42. The highest BCUT2D eigenvalue weighted by Gasteiger charge is 2.05. The summed E-state index contributed by atoms with van der Waals surface area (Å²) < 4.78 is 5.59. The first-order valence-corrected chi connectivity index (χ1v) is 5.59. The van der Waals surface area contributed by atoms with Crippen molar-refractivity contribution in [3.63, 3.8) is 0 Å². The second kappa shape index (κ2) is 4.76. The van der Waals surface area contributed by atoms with E-state index in [1.54, 1.807) is 23.8 Å². The second-order valence-corrected chi connectivity index (χ2v) is 4.14. The molecular formula is C11H11N3OS. The number of para-hydroxylation sites is 1. The van der Waals surface area contributed by atoms with Gasteiger partial charge in [0.25, 0.3) is 0 Å². The highest BCUT2D eigenvalue weighted by molar-refractivity contribution is 7.09. The molecule has 16 heavy (non-hydrogen) atoms. The molecule has 0 fully saturated rings. The Bertz CT molecular complexity index is 482. The van der Waals surface area contributed by atoms with Crippen molar-refractivity contribution in [2.24, 2.45) is 5.73 Å². The quantitative estimate of drug-likeness (QED) is 0.626. The van der Waals surface area contributed by atoms with E-state index in [0.29, 0.717) is 17.9 Å². The molecule has 2 rings (SSSR count). The van der Waals surface area contributed by atoms with Gasteiger partial charge in [0, 0.05) is 6.20 Å². The fourth-order valence-electron chi connectivity index (χ4n) is 1.28. The molecule has 4 nitrogen and oxygen atoms in total. The highest BCUT2D eigenvalue weighted by atomic mass is 32.1. The van der Waals surface area contributed by atoms with Gasteiger partial charge in [-0.1, -0.05) is 12.1 Å². The molecule has 2 aromatic rings. The molecule has 5 heteroatoms. The van der Waals surface area contributed by atoms with Crippen molar-refractivity contribution in [2.75, 3.05) is 0 Å². The van der Waals surface area contributed by atoms with Crippen LogP contribution in [0, 0.1) is 5.41 Å². The number of thiazole rings is 1. The van der Waals surface area contributed by atoms with E-state index in [4.69, 9.17) is 15.9 Å². The molecule has 0 aliphatic heterocycles. The smallest absolute Gasteiger partial charge is 0.130 e. The van der Waals surface area contributed by atoms with Gasteiger partial charge >= 0.3 is 0 Å². The summed E-state index contributed by atoms with van der Waals surface area (Å²) in [5.41, 5.74) is 7.83. The van der Waals surface area contributed by atoms with E-state index in [0.717, 1.165) is 4.88 Å². The fraction of sp³-hybridized carbons (Fsp3) is 0.0909. The van der Waals surface area contributed by atoms with E-state index < -0.39 is 0 Å². The van der Waals surface area contributed by atoms with Crippen LogP contribution in [0.1, 0.15) is 10.4 Å². The van der Waals surface area contributed by atoms with Crippen molar-refractivity contribution in [1.82, 2.24) is 4.98 Å². The van der Waals surface area contributed by atoms with Gasteiger partial charge in [-0.25, -0.2) is 0 Å². The number of aromatic nitrogens is 1. The van der Waals surface area contributed by atoms with Gasteiger partial charge in [0.2, 0.25) is 0 Å². The minimum atomic E-state index is 0.0138. The van der Waals surface area contributed by atoms with Crippen LogP contribution in [0.3, 0.4) is 0 Å². The van der Waals surface area contributed by atoms with E-state index in [1.807, 2.05) is 12.1 Å². The van der Waals surface area contributed by atoms with E-state index in [9.17, 15) is 0 Å². The summed E-state index contributed by atoms with van der Waals surface area (Å²) in [6.07, 6.45) is 1.76. The van der Waals surface area contributed by atoms with Gasteiger partial charge in [-0.15, -0.1) is 11.3 Å². The van der Waals surface area contributed by atoms with E-state index in [1.165, 1.54) is 11.3 Å². The van der Waals surface area contributed by atoms with Crippen LogP contribution in [-0.2, 0) is 6.61 Å². The van der Waals surface area contributed by atoms with Crippen molar-refractivity contribution < 1.29 is 4.74 Å². The minimum Gasteiger partial charge on any atom is -0.487 e. The predicted octanol–water partition coefficient (Wildman–Crippen LogP) is 2.01. The molecule has 0 saturated heterocycles. The number of hydrogen-bond acceptors (Lipinski definition) is 4. The number of nitrogens with zero attached hydrogens (tertiary/aromatic N) is 1. The van der Waals surface area contributed by atoms with Gasteiger partial charge in [-0.2, -0.15) is 0 Å². The lowest BCUT2D eigenvalue weighted by atomic mass is 10.2. The third-order valence-corrected chi connectivity index (χ3v) is 2.78. The maximum absolute atomic E-state index is 7.42. The van der Waals surface area contributed by atoms with Gasteiger partial charge in [0.1, 0.15) is 18.2 Å². The number of nitrogen functional groups attached to an aromatic ring is 1. The second-order valence-electron chi connectivity index (χ2n) is 3.17. The number of ether oxygens (including phenoxy) is 1. The molecule has 0 atom stereocenters. The van der Waals surface area contributed by atoms with Crippen LogP contribution in [-0.4, -0.2) is 10.8 Å². The minimum absolute atomic E-state index is 0.0138. The van der Waals surface area contributed by atoms with Crippen molar-refractivity contribution in [1.29, 1.82) is 5.41 Å². The molecule has 1 aromatic carbocycles.